The van der Waals surface area contributed by atoms with Crippen molar-refractivity contribution in [1.82, 2.24) is 9.55 Å². The molecule has 0 saturated heterocycles. The van der Waals surface area contributed by atoms with Crippen molar-refractivity contribution in [2.24, 2.45) is 0 Å². The minimum absolute atomic E-state index is 0.630. The standard InChI is InChI=1S/C39H25N3O/c1-2-13-28(14-3-1)41(38-22-21-33-32-18-7-9-20-37(32)43-39(33)40-38)29-15-10-16-30(25-29)42-35-19-8-6-17-31(35)34-23-26-11-4-5-12-27(26)24-36(34)42/h1-25H. The summed E-state index contributed by atoms with van der Waals surface area (Å²) in [7, 11) is 0. The smallest absolute Gasteiger partial charge is 0.229 e. The highest BCUT2D eigenvalue weighted by atomic mass is 16.3. The molecule has 0 amide bonds. The predicted molar refractivity (Wildman–Crippen MR) is 178 cm³/mol. The summed E-state index contributed by atoms with van der Waals surface area (Å²) in [5, 5.41) is 7.04. The number of furan rings is 1. The molecule has 202 valence electrons. The lowest BCUT2D eigenvalue weighted by Gasteiger charge is -2.25. The highest BCUT2D eigenvalue weighted by molar-refractivity contribution is 6.13. The Hall–Kier alpha value is -5.87. The number of hydrogen-bond donors (Lipinski definition) is 0. The Labute approximate surface area is 247 Å². The second kappa shape index (κ2) is 9.33. The molecule has 4 nitrogen and oxygen atoms in total. The van der Waals surface area contributed by atoms with Crippen LogP contribution in [0.2, 0.25) is 0 Å². The lowest BCUT2D eigenvalue weighted by Crippen LogP contribution is -2.12. The molecule has 0 aliphatic heterocycles. The second-order valence-electron chi connectivity index (χ2n) is 10.9. The molecule has 0 atom stereocenters. The zero-order valence-electron chi connectivity index (χ0n) is 23.2. The Bertz CT molecular complexity index is 2470. The minimum Gasteiger partial charge on any atom is -0.438 e. The van der Waals surface area contributed by atoms with Gasteiger partial charge in [-0.15, -0.1) is 0 Å². The zero-order chi connectivity index (χ0) is 28.3. The summed E-state index contributed by atoms with van der Waals surface area (Å²) in [6.45, 7) is 0. The van der Waals surface area contributed by atoms with Crippen LogP contribution in [-0.4, -0.2) is 9.55 Å². The normalized spacial score (nSPS) is 11.7. The van der Waals surface area contributed by atoms with Crippen LogP contribution in [0.25, 0.3) is 60.3 Å². The van der Waals surface area contributed by atoms with Crippen LogP contribution in [0.4, 0.5) is 17.2 Å². The molecule has 9 aromatic rings. The van der Waals surface area contributed by atoms with E-state index >= 15 is 0 Å². The molecule has 0 aliphatic rings. The van der Waals surface area contributed by atoms with Crippen LogP contribution in [0.5, 0.6) is 0 Å². The van der Waals surface area contributed by atoms with Crippen molar-refractivity contribution in [2.45, 2.75) is 0 Å². The number of fused-ring (bicyclic) bond motifs is 7. The number of rotatable bonds is 4. The third-order valence-electron chi connectivity index (χ3n) is 8.36. The fourth-order valence-corrected chi connectivity index (χ4v) is 6.42. The van der Waals surface area contributed by atoms with Crippen molar-refractivity contribution in [3.05, 3.63) is 152 Å². The van der Waals surface area contributed by atoms with Crippen molar-refractivity contribution < 1.29 is 4.42 Å². The van der Waals surface area contributed by atoms with Gasteiger partial charge < -0.3 is 8.98 Å². The van der Waals surface area contributed by atoms with Crippen molar-refractivity contribution in [3.63, 3.8) is 0 Å². The average Bonchev–Trinajstić information content (AvgIpc) is 3.59. The van der Waals surface area contributed by atoms with Crippen LogP contribution >= 0.6 is 0 Å². The summed E-state index contributed by atoms with van der Waals surface area (Å²) in [5.41, 5.74) is 6.96. The Balaban J connectivity index is 1.27. The number of pyridine rings is 1. The maximum Gasteiger partial charge on any atom is 0.229 e. The van der Waals surface area contributed by atoms with Crippen LogP contribution < -0.4 is 4.90 Å². The van der Waals surface area contributed by atoms with E-state index in [2.05, 4.69) is 137 Å². The quantitative estimate of drug-likeness (QED) is 0.218. The van der Waals surface area contributed by atoms with Gasteiger partial charge in [-0.25, -0.2) is 0 Å². The molecule has 0 fully saturated rings. The summed E-state index contributed by atoms with van der Waals surface area (Å²) in [5.74, 6) is 0.795. The van der Waals surface area contributed by atoms with Gasteiger partial charge in [0.1, 0.15) is 11.4 Å². The summed E-state index contributed by atoms with van der Waals surface area (Å²) in [6.07, 6.45) is 0. The van der Waals surface area contributed by atoms with Gasteiger partial charge in [0.15, 0.2) is 0 Å². The van der Waals surface area contributed by atoms with Gasteiger partial charge in [-0.1, -0.05) is 84.9 Å². The molecular formula is C39H25N3O. The molecule has 0 aliphatic carbocycles. The number of benzene rings is 6. The van der Waals surface area contributed by atoms with Crippen LogP contribution in [0.15, 0.2) is 156 Å². The molecule has 0 N–H and O–H groups in total. The Morgan fingerprint density at radius 2 is 1.21 bits per heavy atom. The summed E-state index contributed by atoms with van der Waals surface area (Å²) >= 11 is 0. The van der Waals surface area contributed by atoms with Crippen LogP contribution in [0.3, 0.4) is 0 Å². The minimum atomic E-state index is 0.630. The van der Waals surface area contributed by atoms with E-state index in [0.717, 1.165) is 39.2 Å². The van der Waals surface area contributed by atoms with Crippen LogP contribution in [0.1, 0.15) is 0 Å². The number of aromatic nitrogens is 2. The van der Waals surface area contributed by atoms with E-state index in [0.29, 0.717) is 5.71 Å². The number of para-hydroxylation sites is 3. The first kappa shape index (κ1) is 23.8. The van der Waals surface area contributed by atoms with E-state index in [9.17, 15) is 0 Å². The lowest BCUT2D eigenvalue weighted by atomic mass is 10.1. The molecule has 0 bridgehead atoms. The number of anilines is 3. The van der Waals surface area contributed by atoms with E-state index < -0.39 is 0 Å². The maximum atomic E-state index is 6.19. The van der Waals surface area contributed by atoms with Crippen molar-refractivity contribution >= 4 is 71.8 Å². The Morgan fingerprint density at radius 1 is 0.488 bits per heavy atom. The maximum absolute atomic E-state index is 6.19. The third-order valence-corrected chi connectivity index (χ3v) is 8.36. The molecule has 3 heterocycles. The summed E-state index contributed by atoms with van der Waals surface area (Å²) in [4.78, 5) is 7.24. The first-order chi connectivity index (χ1) is 21.3. The van der Waals surface area contributed by atoms with Gasteiger partial charge >= 0.3 is 0 Å². The van der Waals surface area contributed by atoms with Gasteiger partial charge in [-0.05, 0) is 77.5 Å². The van der Waals surface area contributed by atoms with Gasteiger partial charge in [0.05, 0.1) is 11.0 Å². The third kappa shape index (κ3) is 3.74. The SMILES string of the molecule is c1ccc(N(c2cccc(-n3c4ccccc4c4cc5ccccc5cc43)c2)c2ccc3c(n2)oc2ccccc23)cc1. The molecule has 4 heteroatoms. The van der Waals surface area contributed by atoms with E-state index in [1.807, 2.05) is 24.3 Å². The van der Waals surface area contributed by atoms with Crippen molar-refractivity contribution in [3.8, 4) is 5.69 Å². The first-order valence-electron chi connectivity index (χ1n) is 14.5. The van der Waals surface area contributed by atoms with Gasteiger partial charge in [0.2, 0.25) is 5.71 Å². The molecule has 0 unspecified atom stereocenters. The fraction of sp³-hybridized carbons (Fsp3) is 0. The fourth-order valence-electron chi connectivity index (χ4n) is 6.42. The van der Waals surface area contributed by atoms with E-state index in [1.165, 1.54) is 32.6 Å². The number of hydrogen-bond acceptors (Lipinski definition) is 3. The van der Waals surface area contributed by atoms with Crippen molar-refractivity contribution in [1.29, 1.82) is 0 Å². The van der Waals surface area contributed by atoms with E-state index in [-0.39, 0.29) is 0 Å². The highest BCUT2D eigenvalue weighted by Crippen LogP contribution is 2.39. The van der Waals surface area contributed by atoms with Gasteiger partial charge in [0, 0.05) is 38.6 Å². The molecule has 0 spiro atoms. The van der Waals surface area contributed by atoms with Gasteiger partial charge in [-0.3, -0.25) is 4.90 Å². The molecule has 43 heavy (non-hydrogen) atoms. The largest absolute Gasteiger partial charge is 0.438 e. The predicted octanol–water partition coefficient (Wildman–Crippen LogP) is 10.7. The molecule has 0 radical (unpaired) electrons. The van der Waals surface area contributed by atoms with Gasteiger partial charge in [-0.2, -0.15) is 4.98 Å². The van der Waals surface area contributed by atoms with E-state index in [1.54, 1.807) is 0 Å². The van der Waals surface area contributed by atoms with Crippen molar-refractivity contribution in [2.75, 3.05) is 4.90 Å². The molecule has 6 aromatic carbocycles. The molecule has 9 rings (SSSR count). The summed E-state index contributed by atoms with van der Waals surface area (Å²) in [6, 6.07) is 53.2. The molecule has 0 saturated carbocycles. The Morgan fingerprint density at radius 3 is 2.09 bits per heavy atom. The number of nitrogens with zero attached hydrogens (tertiary/aromatic N) is 3. The zero-order valence-corrected chi connectivity index (χ0v) is 23.2. The van der Waals surface area contributed by atoms with Crippen LogP contribution in [-0.2, 0) is 0 Å². The van der Waals surface area contributed by atoms with E-state index in [4.69, 9.17) is 9.40 Å². The first-order valence-corrected chi connectivity index (χ1v) is 14.5. The second-order valence-corrected chi connectivity index (χ2v) is 10.9. The Kier molecular flexibility index (Phi) is 5.16. The van der Waals surface area contributed by atoms with Gasteiger partial charge in [0.25, 0.3) is 0 Å². The summed E-state index contributed by atoms with van der Waals surface area (Å²) < 4.78 is 8.56. The monoisotopic (exact) mass is 551 g/mol. The lowest BCUT2D eigenvalue weighted by molar-refractivity contribution is 0.654. The molecular weight excluding hydrogens is 526 g/mol. The highest BCUT2D eigenvalue weighted by Gasteiger charge is 2.19. The topological polar surface area (TPSA) is 34.2 Å². The molecule has 3 aromatic heterocycles. The average molecular weight is 552 g/mol. The van der Waals surface area contributed by atoms with Crippen LogP contribution in [0, 0.1) is 0 Å².